The summed E-state index contributed by atoms with van der Waals surface area (Å²) in [4.78, 5) is 15.3. The van der Waals surface area contributed by atoms with Crippen LogP contribution in [0.25, 0.3) is 0 Å². The summed E-state index contributed by atoms with van der Waals surface area (Å²) in [5.74, 6) is 0. The molecule has 0 spiro atoms. The van der Waals surface area contributed by atoms with Gasteiger partial charge in [0.05, 0.1) is 21.7 Å². The Morgan fingerprint density at radius 1 is 0.914 bits per heavy atom. The average molecular weight is 517 g/mol. The third-order valence-electron chi connectivity index (χ3n) is 5.01. The predicted molar refractivity (Wildman–Crippen MR) is 120 cm³/mol. The van der Waals surface area contributed by atoms with Crippen LogP contribution in [0.1, 0.15) is 53.6 Å². The summed E-state index contributed by atoms with van der Waals surface area (Å²) in [6.07, 6.45) is -10.0. The Balaban J connectivity index is 1.91. The second-order valence-corrected chi connectivity index (χ2v) is 9.99. The smallest absolute Gasteiger partial charge is 0.357 e. The van der Waals surface area contributed by atoms with Crippen molar-refractivity contribution in [2.75, 3.05) is 5.32 Å². The van der Waals surface area contributed by atoms with Gasteiger partial charge in [-0.2, -0.15) is 26.3 Å². The monoisotopic (exact) mass is 517 g/mol. The Labute approximate surface area is 201 Å². The van der Waals surface area contributed by atoms with Gasteiger partial charge in [0.1, 0.15) is 0 Å². The Morgan fingerprint density at radius 2 is 1.46 bits per heavy atom. The number of thiazole rings is 1. The molecule has 188 valence electrons. The van der Waals surface area contributed by atoms with Gasteiger partial charge in [0.2, 0.25) is 0 Å². The number of aromatic nitrogens is 1. The number of nitrogens with zero attached hydrogens (tertiary/aromatic N) is 2. The number of hydrogen-bond donors (Lipinski definition) is 1. The Morgan fingerprint density at radius 3 is 1.91 bits per heavy atom. The highest BCUT2D eigenvalue weighted by atomic mass is 32.1. The van der Waals surface area contributed by atoms with Gasteiger partial charge in [0.15, 0.2) is 5.13 Å². The van der Waals surface area contributed by atoms with Crippen LogP contribution in [-0.2, 0) is 30.7 Å². The van der Waals surface area contributed by atoms with Gasteiger partial charge < -0.3 is 5.32 Å². The highest BCUT2D eigenvalue weighted by Crippen LogP contribution is 2.39. The van der Waals surface area contributed by atoms with Crippen LogP contribution in [0.15, 0.2) is 42.5 Å². The molecule has 12 heteroatoms. The van der Waals surface area contributed by atoms with E-state index < -0.39 is 33.8 Å². The van der Waals surface area contributed by atoms with Crippen molar-refractivity contribution in [1.29, 1.82) is 0 Å². The lowest BCUT2D eigenvalue weighted by molar-refractivity contribution is -0.384. The maximum Gasteiger partial charge on any atom is 0.416 e. The molecule has 0 radical (unpaired) electrons. The number of nitro benzene ring substituents is 1. The second-order valence-electron chi connectivity index (χ2n) is 8.91. The Hall–Kier alpha value is -3.15. The number of nitrogens with one attached hydrogen (secondary N) is 1. The highest BCUT2D eigenvalue weighted by Gasteiger charge is 2.37. The molecule has 0 atom stereocenters. The fourth-order valence-electron chi connectivity index (χ4n) is 3.35. The minimum atomic E-state index is -4.92. The Bertz CT molecular complexity index is 1180. The van der Waals surface area contributed by atoms with E-state index in [1.807, 2.05) is 20.8 Å². The standard InChI is InChI=1S/C23H21F6N3O2S/c1-21(2,3)19-18(10-14-8-15(22(24,25)26)11-16(9-14)23(27,28)29)35-20(31-19)30-12-13-4-6-17(7-5-13)32(33)34/h4-9,11H,10,12H2,1-3H3,(H,30,31). The summed E-state index contributed by atoms with van der Waals surface area (Å²) < 4.78 is 79.5. The molecule has 1 aromatic heterocycles. The van der Waals surface area contributed by atoms with E-state index in [4.69, 9.17) is 0 Å². The third-order valence-corrected chi connectivity index (χ3v) is 6.02. The zero-order valence-corrected chi connectivity index (χ0v) is 19.7. The van der Waals surface area contributed by atoms with Gasteiger partial charge in [-0.15, -0.1) is 11.3 Å². The van der Waals surface area contributed by atoms with E-state index in [1.165, 1.54) is 12.1 Å². The molecule has 0 unspecified atom stereocenters. The fraction of sp³-hybridized carbons (Fsp3) is 0.348. The van der Waals surface area contributed by atoms with Gasteiger partial charge in [-0.05, 0) is 29.3 Å². The number of rotatable bonds is 6. The first-order valence-electron chi connectivity index (χ1n) is 10.3. The van der Waals surface area contributed by atoms with Crippen molar-refractivity contribution in [3.63, 3.8) is 0 Å². The molecule has 0 saturated heterocycles. The molecule has 0 aliphatic heterocycles. The molecule has 0 aliphatic rings. The van der Waals surface area contributed by atoms with Crippen LogP contribution in [-0.4, -0.2) is 9.91 Å². The van der Waals surface area contributed by atoms with E-state index >= 15 is 0 Å². The number of anilines is 1. The van der Waals surface area contributed by atoms with Crippen molar-refractivity contribution in [2.24, 2.45) is 0 Å². The first-order chi connectivity index (χ1) is 16.0. The normalized spacial score (nSPS) is 12.6. The lowest BCUT2D eigenvalue weighted by atomic mass is 9.90. The van der Waals surface area contributed by atoms with Crippen LogP contribution in [0.2, 0.25) is 0 Å². The summed E-state index contributed by atoms with van der Waals surface area (Å²) in [5, 5.41) is 14.3. The van der Waals surface area contributed by atoms with Crippen LogP contribution >= 0.6 is 11.3 Å². The summed E-state index contributed by atoms with van der Waals surface area (Å²) in [6.45, 7) is 5.81. The highest BCUT2D eigenvalue weighted by molar-refractivity contribution is 7.15. The van der Waals surface area contributed by atoms with E-state index in [-0.39, 0.29) is 30.3 Å². The van der Waals surface area contributed by atoms with Gasteiger partial charge in [-0.3, -0.25) is 10.1 Å². The van der Waals surface area contributed by atoms with Crippen LogP contribution in [0.3, 0.4) is 0 Å². The largest absolute Gasteiger partial charge is 0.416 e. The quantitative estimate of drug-likeness (QED) is 0.208. The maximum absolute atomic E-state index is 13.3. The molecule has 1 N–H and O–H groups in total. The molecule has 0 amide bonds. The van der Waals surface area contributed by atoms with E-state index in [0.717, 1.165) is 29.0 Å². The molecule has 0 saturated carbocycles. The SMILES string of the molecule is CC(C)(C)c1nc(NCc2ccc([N+](=O)[O-])cc2)sc1Cc1cc(C(F)(F)F)cc(C(F)(F)F)c1. The maximum atomic E-state index is 13.3. The minimum absolute atomic E-state index is 0.0559. The molecule has 2 aromatic carbocycles. The van der Waals surface area contributed by atoms with E-state index in [2.05, 4.69) is 10.3 Å². The number of alkyl halides is 6. The fourth-order valence-corrected chi connectivity index (χ4v) is 4.56. The van der Waals surface area contributed by atoms with E-state index in [9.17, 15) is 36.5 Å². The number of benzene rings is 2. The topological polar surface area (TPSA) is 68.1 Å². The zero-order valence-electron chi connectivity index (χ0n) is 18.8. The van der Waals surface area contributed by atoms with Crippen LogP contribution in [0, 0.1) is 10.1 Å². The first-order valence-corrected chi connectivity index (χ1v) is 11.1. The molecule has 3 rings (SSSR count). The number of non-ortho nitro benzene ring substituents is 1. The molecule has 0 fully saturated rings. The Kier molecular flexibility index (Phi) is 7.16. The molecule has 5 nitrogen and oxygen atoms in total. The van der Waals surface area contributed by atoms with Gasteiger partial charge in [0, 0.05) is 35.4 Å². The molecule has 3 aromatic rings. The number of hydrogen-bond acceptors (Lipinski definition) is 5. The van der Waals surface area contributed by atoms with Gasteiger partial charge in [-0.1, -0.05) is 32.9 Å². The van der Waals surface area contributed by atoms with Crippen molar-refractivity contribution in [1.82, 2.24) is 4.98 Å². The van der Waals surface area contributed by atoms with Gasteiger partial charge in [0.25, 0.3) is 5.69 Å². The lowest BCUT2D eigenvalue weighted by Crippen LogP contribution is -2.15. The summed E-state index contributed by atoms with van der Waals surface area (Å²) in [5.41, 5.74) is -2.13. The lowest BCUT2D eigenvalue weighted by Gasteiger charge is -2.18. The summed E-state index contributed by atoms with van der Waals surface area (Å²) >= 11 is 1.14. The second kappa shape index (κ2) is 9.48. The van der Waals surface area contributed by atoms with Gasteiger partial charge in [-0.25, -0.2) is 4.98 Å². The molecular formula is C23H21F6N3O2S. The van der Waals surface area contributed by atoms with Crippen molar-refractivity contribution in [3.8, 4) is 0 Å². The molecule has 1 heterocycles. The van der Waals surface area contributed by atoms with E-state index in [0.29, 0.717) is 15.7 Å². The first kappa shape index (κ1) is 26.5. The molecule has 0 bridgehead atoms. The van der Waals surface area contributed by atoms with E-state index in [1.54, 1.807) is 12.1 Å². The van der Waals surface area contributed by atoms with Crippen LogP contribution in [0.5, 0.6) is 0 Å². The third kappa shape index (κ3) is 6.71. The van der Waals surface area contributed by atoms with Crippen LogP contribution < -0.4 is 5.32 Å². The number of halogens is 6. The molecule has 0 aliphatic carbocycles. The average Bonchev–Trinajstić information content (AvgIpc) is 3.14. The van der Waals surface area contributed by atoms with Crippen LogP contribution in [0.4, 0.5) is 37.2 Å². The van der Waals surface area contributed by atoms with Crippen molar-refractivity contribution in [3.05, 3.63) is 85.4 Å². The predicted octanol–water partition coefficient (Wildman–Crippen LogP) is 7.59. The molecular weight excluding hydrogens is 496 g/mol. The van der Waals surface area contributed by atoms with Crippen molar-refractivity contribution in [2.45, 2.75) is 51.5 Å². The molecule has 35 heavy (non-hydrogen) atoms. The minimum Gasteiger partial charge on any atom is -0.357 e. The van der Waals surface area contributed by atoms with Crippen molar-refractivity contribution < 1.29 is 31.3 Å². The van der Waals surface area contributed by atoms with Crippen molar-refractivity contribution >= 4 is 22.2 Å². The summed E-state index contributed by atoms with van der Waals surface area (Å²) in [7, 11) is 0. The number of nitro groups is 1. The zero-order chi connectivity index (χ0) is 26.2. The van der Waals surface area contributed by atoms with Gasteiger partial charge >= 0.3 is 12.4 Å². The summed E-state index contributed by atoms with van der Waals surface area (Å²) in [6, 6.07) is 7.43.